The number of benzene rings is 1. The van der Waals surface area contributed by atoms with E-state index in [0.29, 0.717) is 17.5 Å². The SMILES string of the molecule is CCC(C(NC)c1ccccc1)N1CCC(C(C)(C)C)C1. The smallest absolute Gasteiger partial charge is 0.0475 e. The van der Waals surface area contributed by atoms with Gasteiger partial charge in [-0.05, 0) is 43.3 Å². The van der Waals surface area contributed by atoms with Gasteiger partial charge in [-0.25, -0.2) is 0 Å². The molecule has 3 unspecified atom stereocenters. The Morgan fingerprint density at radius 1 is 1.24 bits per heavy atom. The lowest BCUT2D eigenvalue weighted by Gasteiger charge is -2.35. The van der Waals surface area contributed by atoms with Crippen molar-refractivity contribution < 1.29 is 0 Å². The van der Waals surface area contributed by atoms with Crippen molar-refractivity contribution >= 4 is 0 Å². The van der Waals surface area contributed by atoms with E-state index in [1.165, 1.54) is 31.5 Å². The van der Waals surface area contributed by atoms with Gasteiger partial charge in [-0.15, -0.1) is 0 Å². The second kappa shape index (κ2) is 6.93. The van der Waals surface area contributed by atoms with E-state index in [0.717, 1.165) is 5.92 Å². The maximum Gasteiger partial charge on any atom is 0.0475 e. The summed E-state index contributed by atoms with van der Waals surface area (Å²) in [7, 11) is 2.09. The number of likely N-dealkylation sites (tertiary alicyclic amines) is 1. The van der Waals surface area contributed by atoms with Gasteiger partial charge in [0, 0.05) is 18.6 Å². The van der Waals surface area contributed by atoms with Crippen molar-refractivity contribution in [1.82, 2.24) is 10.2 Å². The second-order valence-electron chi connectivity index (χ2n) is 7.50. The predicted molar refractivity (Wildman–Crippen MR) is 91.5 cm³/mol. The quantitative estimate of drug-likeness (QED) is 0.878. The number of nitrogens with one attached hydrogen (secondary N) is 1. The topological polar surface area (TPSA) is 15.3 Å². The first-order chi connectivity index (χ1) is 9.97. The Morgan fingerprint density at radius 2 is 1.90 bits per heavy atom. The Hall–Kier alpha value is -0.860. The Balaban J connectivity index is 2.12. The fraction of sp³-hybridized carbons (Fsp3) is 0.684. The minimum atomic E-state index is 0.426. The first-order valence-corrected chi connectivity index (χ1v) is 8.43. The van der Waals surface area contributed by atoms with Gasteiger partial charge in [0.25, 0.3) is 0 Å². The Morgan fingerprint density at radius 3 is 2.38 bits per heavy atom. The molecule has 1 aromatic carbocycles. The van der Waals surface area contributed by atoms with E-state index in [2.05, 4.69) is 75.3 Å². The van der Waals surface area contributed by atoms with Gasteiger partial charge in [0.05, 0.1) is 0 Å². The summed E-state index contributed by atoms with van der Waals surface area (Å²) in [4.78, 5) is 2.71. The van der Waals surface area contributed by atoms with Crippen molar-refractivity contribution in [3.8, 4) is 0 Å². The van der Waals surface area contributed by atoms with Crippen molar-refractivity contribution in [2.45, 2.75) is 52.6 Å². The van der Waals surface area contributed by atoms with Crippen LogP contribution >= 0.6 is 0 Å². The van der Waals surface area contributed by atoms with Crippen LogP contribution in [-0.2, 0) is 0 Å². The van der Waals surface area contributed by atoms with E-state index in [9.17, 15) is 0 Å². The second-order valence-corrected chi connectivity index (χ2v) is 7.50. The van der Waals surface area contributed by atoms with E-state index < -0.39 is 0 Å². The molecule has 1 heterocycles. The lowest BCUT2D eigenvalue weighted by molar-refractivity contribution is 0.162. The molecular formula is C19H32N2. The van der Waals surface area contributed by atoms with Crippen molar-refractivity contribution in [2.75, 3.05) is 20.1 Å². The van der Waals surface area contributed by atoms with Crippen LogP contribution in [0.5, 0.6) is 0 Å². The van der Waals surface area contributed by atoms with E-state index in [-0.39, 0.29) is 0 Å². The summed E-state index contributed by atoms with van der Waals surface area (Å²) in [6, 6.07) is 11.9. The van der Waals surface area contributed by atoms with E-state index in [1.807, 2.05) is 0 Å². The summed E-state index contributed by atoms with van der Waals surface area (Å²) in [5.41, 5.74) is 1.83. The molecule has 2 rings (SSSR count). The standard InChI is InChI=1S/C19H32N2/c1-6-17(18(20-5)15-10-8-7-9-11-15)21-13-12-16(14-21)19(2,3)4/h7-11,16-18,20H,6,12-14H2,1-5H3. The third-order valence-corrected chi connectivity index (χ3v) is 5.19. The highest BCUT2D eigenvalue weighted by molar-refractivity contribution is 5.20. The summed E-state index contributed by atoms with van der Waals surface area (Å²) in [5.74, 6) is 0.819. The Kier molecular flexibility index (Phi) is 5.45. The molecule has 3 atom stereocenters. The number of rotatable bonds is 5. The first-order valence-electron chi connectivity index (χ1n) is 8.43. The number of likely N-dealkylation sites (N-methyl/N-ethyl adjacent to an activating group) is 1. The third-order valence-electron chi connectivity index (χ3n) is 5.19. The molecular weight excluding hydrogens is 256 g/mol. The normalized spacial score (nSPS) is 23.2. The Labute approximate surface area is 130 Å². The van der Waals surface area contributed by atoms with Gasteiger partial charge in [0.2, 0.25) is 0 Å². The van der Waals surface area contributed by atoms with E-state index >= 15 is 0 Å². The van der Waals surface area contributed by atoms with Crippen LogP contribution in [0.15, 0.2) is 30.3 Å². The molecule has 0 bridgehead atoms. The van der Waals surface area contributed by atoms with E-state index in [1.54, 1.807) is 0 Å². The van der Waals surface area contributed by atoms with Crippen molar-refractivity contribution in [2.24, 2.45) is 11.3 Å². The van der Waals surface area contributed by atoms with Gasteiger partial charge >= 0.3 is 0 Å². The average Bonchev–Trinajstić information content (AvgIpc) is 2.95. The molecule has 0 amide bonds. The van der Waals surface area contributed by atoms with Crippen LogP contribution in [-0.4, -0.2) is 31.1 Å². The average molecular weight is 288 g/mol. The van der Waals surface area contributed by atoms with Gasteiger partial charge in [0.15, 0.2) is 0 Å². The van der Waals surface area contributed by atoms with Gasteiger partial charge in [0.1, 0.15) is 0 Å². The lowest BCUT2D eigenvalue weighted by Crippen LogP contribution is -2.43. The summed E-state index contributed by atoms with van der Waals surface area (Å²) in [6.45, 7) is 12.0. The monoisotopic (exact) mass is 288 g/mol. The van der Waals surface area contributed by atoms with Gasteiger partial charge in [-0.1, -0.05) is 58.0 Å². The molecule has 1 saturated heterocycles. The van der Waals surface area contributed by atoms with Crippen LogP contribution in [0.2, 0.25) is 0 Å². The third kappa shape index (κ3) is 3.87. The zero-order valence-electron chi connectivity index (χ0n) is 14.4. The highest BCUT2D eigenvalue weighted by Gasteiger charge is 2.36. The van der Waals surface area contributed by atoms with Crippen LogP contribution in [0.25, 0.3) is 0 Å². The molecule has 2 nitrogen and oxygen atoms in total. The summed E-state index contributed by atoms with van der Waals surface area (Å²) >= 11 is 0. The Bertz CT molecular complexity index is 421. The minimum absolute atomic E-state index is 0.426. The molecule has 1 aromatic rings. The van der Waals surface area contributed by atoms with Crippen molar-refractivity contribution in [1.29, 1.82) is 0 Å². The summed E-state index contributed by atoms with van der Waals surface area (Å²) in [6.07, 6.45) is 2.53. The van der Waals surface area contributed by atoms with Crippen LogP contribution in [0, 0.1) is 11.3 Å². The molecule has 1 N–H and O–H groups in total. The predicted octanol–water partition coefficient (Wildman–Crippen LogP) is 4.09. The summed E-state index contributed by atoms with van der Waals surface area (Å²) < 4.78 is 0. The number of hydrogen-bond donors (Lipinski definition) is 1. The molecule has 0 aliphatic carbocycles. The maximum absolute atomic E-state index is 3.56. The molecule has 21 heavy (non-hydrogen) atoms. The van der Waals surface area contributed by atoms with Crippen LogP contribution in [0.1, 0.15) is 52.1 Å². The van der Waals surface area contributed by atoms with E-state index in [4.69, 9.17) is 0 Å². The van der Waals surface area contributed by atoms with Crippen LogP contribution in [0.3, 0.4) is 0 Å². The molecule has 0 aromatic heterocycles. The maximum atomic E-state index is 3.56. The van der Waals surface area contributed by atoms with Crippen LogP contribution < -0.4 is 5.32 Å². The van der Waals surface area contributed by atoms with Gasteiger partial charge in [-0.3, -0.25) is 4.90 Å². The molecule has 0 radical (unpaired) electrons. The molecule has 2 heteroatoms. The van der Waals surface area contributed by atoms with Crippen molar-refractivity contribution in [3.05, 3.63) is 35.9 Å². The van der Waals surface area contributed by atoms with Gasteiger partial charge < -0.3 is 5.32 Å². The zero-order chi connectivity index (χ0) is 15.5. The first kappa shape index (κ1) is 16.5. The molecule has 118 valence electrons. The molecule has 1 aliphatic heterocycles. The zero-order valence-corrected chi connectivity index (χ0v) is 14.4. The lowest BCUT2D eigenvalue weighted by atomic mass is 9.80. The molecule has 0 spiro atoms. The van der Waals surface area contributed by atoms with Crippen molar-refractivity contribution in [3.63, 3.8) is 0 Å². The van der Waals surface area contributed by atoms with Gasteiger partial charge in [-0.2, -0.15) is 0 Å². The number of nitrogens with zero attached hydrogens (tertiary/aromatic N) is 1. The largest absolute Gasteiger partial charge is 0.312 e. The highest BCUT2D eigenvalue weighted by atomic mass is 15.2. The number of hydrogen-bond acceptors (Lipinski definition) is 2. The fourth-order valence-corrected chi connectivity index (χ4v) is 3.74. The molecule has 1 aliphatic rings. The highest BCUT2D eigenvalue weighted by Crippen LogP contribution is 2.36. The van der Waals surface area contributed by atoms with Crippen LogP contribution in [0.4, 0.5) is 0 Å². The minimum Gasteiger partial charge on any atom is -0.312 e. The molecule has 0 saturated carbocycles. The summed E-state index contributed by atoms with van der Waals surface area (Å²) in [5, 5.41) is 3.56. The fourth-order valence-electron chi connectivity index (χ4n) is 3.74. The molecule has 1 fully saturated rings.